The minimum atomic E-state index is -4.88. The van der Waals surface area contributed by atoms with Crippen LogP contribution in [-0.4, -0.2) is 125 Å². The lowest BCUT2D eigenvalue weighted by Gasteiger charge is -2.45. The number of hydrogen-bond acceptors (Lipinski definition) is 13. The monoisotopic (exact) mass is 436 g/mol. The standard InChI is InChI=1S/C13H24O14S/c1-23-12-10(19)8(17)11(5(26-12)3-24-28(20,21)22)27-13-9(18)7(16)6(15)4(2-14)25-13/h4-19H,2-3H2,1H3,(H,20,21,22)/t4-,5-,6-,7+,8-,9-,10-,11-,12-,13-/m1/s1. The van der Waals surface area contributed by atoms with E-state index in [1.165, 1.54) is 0 Å². The van der Waals surface area contributed by atoms with Crippen LogP contribution in [-0.2, 0) is 33.5 Å². The molecule has 10 atom stereocenters. The zero-order chi connectivity index (χ0) is 21.2. The fourth-order valence-electron chi connectivity index (χ4n) is 2.89. The van der Waals surface area contributed by atoms with Gasteiger partial charge >= 0.3 is 10.4 Å². The largest absolute Gasteiger partial charge is 0.397 e. The molecular weight excluding hydrogens is 412 g/mol. The van der Waals surface area contributed by atoms with Crippen LogP contribution in [0, 0.1) is 0 Å². The maximum Gasteiger partial charge on any atom is 0.397 e. The Morgan fingerprint density at radius 2 is 1.43 bits per heavy atom. The number of rotatable bonds is 7. The molecule has 14 nitrogen and oxygen atoms in total. The molecule has 0 aromatic carbocycles. The smallest absolute Gasteiger partial charge is 0.394 e. The number of aliphatic hydroxyl groups excluding tert-OH is 6. The Labute approximate surface area is 159 Å². The third-order valence-electron chi connectivity index (χ3n) is 4.39. The maximum atomic E-state index is 10.8. The highest BCUT2D eigenvalue weighted by atomic mass is 32.3. The summed E-state index contributed by atoms with van der Waals surface area (Å²) in [6.07, 6.45) is -16.2. The Balaban J connectivity index is 2.19. The Morgan fingerprint density at radius 1 is 0.857 bits per heavy atom. The van der Waals surface area contributed by atoms with Crippen molar-refractivity contribution < 1.29 is 66.7 Å². The molecule has 0 radical (unpaired) electrons. The number of aliphatic hydroxyl groups is 6. The Kier molecular flexibility index (Phi) is 8.07. The summed E-state index contributed by atoms with van der Waals surface area (Å²) in [5.74, 6) is 0. The van der Waals surface area contributed by atoms with Crippen LogP contribution in [0.2, 0.25) is 0 Å². The first-order chi connectivity index (χ1) is 13.0. The average molecular weight is 436 g/mol. The molecule has 7 N–H and O–H groups in total. The molecule has 0 aliphatic carbocycles. The van der Waals surface area contributed by atoms with Gasteiger partial charge in [-0.05, 0) is 0 Å². The molecule has 2 saturated heterocycles. The van der Waals surface area contributed by atoms with E-state index < -0.39 is 85.0 Å². The Morgan fingerprint density at radius 3 is 1.96 bits per heavy atom. The van der Waals surface area contributed by atoms with Gasteiger partial charge in [-0.3, -0.25) is 4.55 Å². The second-order valence-corrected chi connectivity index (χ2v) is 7.36. The van der Waals surface area contributed by atoms with Crippen molar-refractivity contribution >= 4 is 10.4 Å². The number of ether oxygens (including phenoxy) is 4. The van der Waals surface area contributed by atoms with Crippen molar-refractivity contribution in [1.82, 2.24) is 0 Å². The highest BCUT2D eigenvalue weighted by molar-refractivity contribution is 7.80. The molecule has 2 aliphatic rings. The lowest BCUT2D eigenvalue weighted by Crippen LogP contribution is -2.64. The summed E-state index contributed by atoms with van der Waals surface area (Å²) < 4.78 is 55.1. The van der Waals surface area contributed by atoms with Gasteiger partial charge < -0.3 is 49.6 Å². The van der Waals surface area contributed by atoms with Gasteiger partial charge in [0.15, 0.2) is 12.6 Å². The van der Waals surface area contributed by atoms with Crippen molar-refractivity contribution in [3.8, 4) is 0 Å². The molecular formula is C13H24O14S. The molecule has 0 unspecified atom stereocenters. The van der Waals surface area contributed by atoms with Gasteiger partial charge in [0, 0.05) is 7.11 Å². The second kappa shape index (κ2) is 9.52. The highest BCUT2D eigenvalue weighted by Crippen LogP contribution is 2.29. The summed E-state index contributed by atoms with van der Waals surface area (Å²) >= 11 is 0. The molecule has 0 spiro atoms. The van der Waals surface area contributed by atoms with Crippen LogP contribution in [0.4, 0.5) is 0 Å². The van der Waals surface area contributed by atoms with E-state index >= 15 is 0 Å². The van der Waals surface area contributed by atoms with Gasteiger partial charge in [0.05, 0.1) is 13.2 Å². The van der Waals surface area contributed by atoms with Crippen LogP contribution in [0.15, 0.2) is 0 Å². The lowest BCUT2D eigenvalue weighted by atomic mass is 9.97. The molecule has 2 heterocycles. The molecule has 0 aromatic heterocycles. The SMILES string of the molecule is CO[C@@H]1O[C@H](COS(=O)(=O)O)[C@@H](O[C@H]2O[C@H](CO)[C@@H](O)[C@H](O)[C@H]2O)[C@H](O)[C@H]1O. The zero-order valence-electron chi connectivity index (χ0n) is 14.6. The third-order valence-corrected chi connectivity index (χ3v) is 4.83. The molecule has 28 heavy (non-hydrogen) atoms. The summed E-state index contributed by atoms with van der Waals surface area (Å²) in [5, 5.41) is 59.1. The summed E-state index contributed by atoms with van der Waals surface area (Å²) in [6, 6.07) is 0. The predicted molar refractivity (Wildman–Crippen MR) is 83.8 cm³/mol. The van der Waals surface area contributed by atoms with E-state index in [1.54, 1.807) is 0 Å². The third kappa shape index (κ3) is 5.33. The van der Waals surface area contributed by atoms with Crippen molar-refractivity contribution in [2.24, 2.45) is 0 Å². The van der Waals surface area contributed by atoms with Gasteiger partial charge in [-0.2, -0.15) is 8.42 Å². The van der Waals surface area contributed by atoms with Crippen LogP contribution >= 0.6 is 0 Å². The zero-order valence-corrected chi connectivity index (χ0v) is 15.4. The minimum absolute atomic E-state index is 0.738. The predicted octanol–water partition coefficient (Wildman–Crippen LogP) is -4.92. The molecule has 0 saturated carbocycles. The van der Waals surface area contributed by atoms with Crippen LogP contribution in [0.3, 0.4) is 0 Å². The normalized spacial score (nSPS) is 45.1. The van der Waals surface area contributed by atoms with Gasteiger partial charge in [0.1, 0.15) is 48.8 Å². The first-order valence-corrected chi connectivity index (χ1v) is 9.48. The first-order valence-electron chi connectivity index (χ1n) is 8.12. The van der Waals surface area contributed by atoms with Crippen LogP contribution in [0.25, 0.3) is 0 Å². The van der Waals surface area contributed by atoms with Crippen LogP contribution in [0.5, 0.6) is 0 Å². The first kappa shape index (κ1) is 23.7. The minimum Gasteiger partial charge on any atom is -0.394 e. The lowest BCUT2D eigenvalue weighted by molar-refractivity contribution is -0.356. The summed E-state index contributed by atoms with van der Waals surface area (Å²) in [7, 11) is -3.74. The van der Waals surface area contributed by atoms with E-state index in [0.717, 1.165) is 7.11 Å². The van der Waals surface area contributed by atoms with E-state index in [0.29, 0.717) is 0 Å². The molecule has 166 valence electrons. The van der Waals surface area contributed by atoms with Gasteiger partial charge in [0.2, 0.25) is 0 Å². The summed E-state index contributed by atoms with van der Waals surface area (Å²) in [6.45, 7) is -1.61. The van der Waals surface area contributed by atoms with Gasteiger partial charge in [0.25, 0.3) is 0 Å². The van der Waals surface area contributed by atoms with E-state index in [2.05, 4.69) is 4.18 Å². The fourth-order valence-corrected chi connectivity index (χ4v) is 3.20. The number of methoxy groups -OCH3 is 1. The van der Waals surface area contributed by atoms with Crippen molar-refractivity contribution in [2.45, 2.75) is 61.4 Å². The topological polar surface area (TPSA) is 222 Å². The summed E-state index contributed by atoms with van der Waals surface area (Å²) in [5.41, 5.74) is 0. The van der Waals surface area contributed by atoms with E-state index in [9.17, 15) is 39.1 Å². The van der Waals surface area contributed by atoms with Crippen LogP contribution < -0.4 is 0 Å². The van der Waals surface area contributed by atoms with Crippen LogP contribution in [0.1, 0.15) is 0 Å². The van der Waals surface area contributed by atoms with E-state index in [4.69, 9.17) is 23.5 Å². The second-order valence-electron chi connectivity index (χ2n) is 6.27. The van der Waals surface area contributed by atoms with E-state index in [1.807, 2.05) is 0 Å². The quantitative estimate of drug-likeness (QED) is 0.186. The molecule has 2 rings (SSSR count). The fraction of sp³-hybridized carbons (Fsp3) is 1.00. The van der Waals surface area contributed by atoms with Gasteiger partial charge in [-0.25, -0.2) is 4.18 Å². The van der Waals surface area contributed by atoms with Crippen molar-refractivity contribution in [2.75, 3.05) is 20.3 Å². The Bertz CT molecular complexity index is 598. The van der Waals surface area contributed by atoms with E-state index in [-0.39, 0.29) is 0 Å². The van der Waals surface area contributed by atoms with Crippen molar-refractivity contribution in [1.29, 1.82) is 0 Å². The Hall–Kier alpha value is -0.530. The van der Waals surface area contributed by atoms with Gasteiger partial charge in [-0.15, -0.1) is 0 Å². The number of hydrogen-bond donors (Lipinski definition) is 7. The maximum absolute atomic E-state index is 10.8. The molecule has 0 amide bonds. The molecule has 2 aliphatic heterocycles. The summed E-state index contributed by atoms with van der Waals surface area (Å²) in [4.78, 5) is 0. The highest BCUT2D eigenvalue weighted by Gasteiger charge is 2.50. The van der Waals surface area contributed by atoms with Gasteiger partial charge in [-0.1, -0.05) is 0 Å². The molecule has 15 heteroatoms. The van der Waals surface area contributed by atoms with Crippen molar-refractivity contribution in [3.05, 3.63) is 0 Å². The molecule has 2 fully saturated rings. The molecule has 0 aromatic rings. The van der Waals surface area contributed by atoms with Crippen molar-refractivity contribution in [3.63, 3.8) is 0 Å². The average Bonchev–Trinajstić information content (AvgIpc) is 2.64. The molecule has 0 bridgehead atoms.